The first-order valence-electron chi connectivity index (χ1n) is 5.53. The van der Waals surface area contributed by atoms with E-state index in [4.69, 9.17) is 4.74 Å². The van der Waals surface area contributed by atoms with Gasteiger partial charge in [0.25, 0.3) is 0 Å². The van der Waals surface area contributed by atoms with Gasteiger partial charge in [-0.3, -0.25) is 0 Å². The minimum Gasteiger partial charge on any atom is -0.494 e. The Kier molecular flexibility index (Phi) is 4.26. The van der Waals surface area contributed by atoms with E-state index < -0.39 is 0 Å². The highest BCUT2D eigenvalue weighted by Crippen LogP contribution is 2.19. The smallest absolute Gasteiger partial charge is 0.229 e. The van der Waals surface area contributed by atoms with Crippen LogP contribution in [0.4, 0.5) is 10.8 Å². The molecule has 0 saturated carbocycles. The molecule has 0 radical (unpaired) electrons. The number of benzene rings is 1. The van der Waals surface area contributed by atoms with E-state index >= 15 is 0 Å². The third kappa shape index (κ3) is 3.67. The molecular formula is C11H14N4OS. The van der Waals surface area contributed by atoms with E-state index in [9.17, 15) is 0 Å². The van der Waals surface area contributed by atoms with E-state index in [1.54, 1.807) is 0 Å². The number of hydrogen-bond acceptors (Lipinski definition) is 6. The molecule has 0 spiro atoms. The van der Waals surface area contributed by atoms with Crippen molar-refractivity contribution in [2.45, 2.75) is 19.8 Å². The number of nitrogens with one attached hydrogen (secondary N) is 1. The monoisotopic (exact) mass is 250 g/mol. The summed E-state index contributed by atoms with van der Waals surface area (Å²) in [4.78, 5) is 0. The van der Waals surface area contributed by atoms with Gasteiger partial charge in [0.05, 0.1) is 6.61 Å². The molecule has 1 N–H and O–H groups in total. The number of aromatic nitrogens is 3. The Bertz CT molecular complexity index is 429. The van der Waals surface area contributed by atoms with Gasteiger partial charge in [0.1, 0.15) is 5.75 Å². The Balaban J connectivity index is 1.89. The summed E-state index contributed by atoms with van der Waals surface area (Å²) in [5, 5.41) is 11.1. The minimum absolute atomic E-state index is 0.685. The Morgan fingerprint density at radius 3 is 2.76 bits per heavy atom. The minimum atomic E-state index is 0.685. The van der Waals surface area contributed by atoms with Crippen LogP contribution in [0.25, 0.3) is 0 Å². The van der Waals surface area contributed by atoms with Crippen molar-refractivity contribution in [2.24, 2.45) is 0 Å². The van der Waals surface area contributed by atoms with Gasteiger partial charge in [-0.25, -0.2) is 0 Å². The topological polar surface area (TPSA) is 59.9 Å². The average Bonchev–Trinajstić information content (AvgIpc) is 2.85. The first kappa shape index (κ1) is 11.8. The van der Waals surface area contributed by atoms with Gasteiger partial charge in [-0.2, -0.15) is 0 Å². The molecular weight excluding hydrogens is 236 g/mol. The average molecular weight is 250 g/mol. The Labute approximate surface area is 104 Å². The zero-order valence-corrected chi connectivity index (χ0v) is 10.4. The van der Waals surface area contributed by atoms with Crippen molar-refractivity contribution in [3.8, 4) is 5.75 Å². The summed E-state index contributed by atoms with van der Waals surface area (Å²) in [7, 11) is 0. The van der Waals surface area contributed by atoms with Gasteiger partial charge in [0.15, 0.2) is 0 Å². The molecule has 1 heterocycles. The molecule has 0 unspecified atom stereocenters. The molecule has 0 aliphatic carbocycles. The van der Waals surface area contributed by atoms with Gasteiger partial charge in [0.2, 0.25) is 5.13 Å². The molecule has 0 atom stereocenters. The standard InChI is InChI=1S/C11H14N4OS/c1-2-3-8-16-10-6-4-9(5-7-10)12-11-13-14-15-17-11/h4-7H,2-3,8H2,1H3,(H,12,13,15). The first-order chi connectivity index (χ1) is 8.38. The second-order valence-corrected chi connectivity index (χ2v) is 4.25. The van der Waals surface area contributed by atoms with Gasteiger partial charge >= 0.3 is 0 Å². The SMILES string of the molecule is CCCCOc1ccc(Nc2nnns2)cc1. The second-order valence-electron chi connectivity index (χ2n) is 3.52. The maximum Gasteiger partial charge on any atom is 0.229 e. The van der Waals surface area contributed by atoms with E-state index in [2.05, 4.69) is 27.0 Å². The van der Waals surface area contributed by atoms with E-state index in [0.717, 1.165) is 30.9 Å². The summed E-state index contributed by atoms with van der Waals surface area (Å²) in [6.07, 6.45) is 2.22. The van der Waals surface area contributed by atoms with E-state index in [0.29, 0.717) is 5.13 Å². The van der Waals surface area contributed by atoms with Gasteiger partial charge in [0, 0.05) is 17.2 Å². The van der Waals surface area contributed by atoms with Crippen molar-refractivity contribution in [2.75, 3.05) is 11.9 Å². The summed E-state index contributed by atoms with van der Waals surface area (Å²) in [6, 6.07) is 7.77. The van der Waals surface area contributed by atoms with Crippen LogP contribution in [-0.2, 0) is 0 Å². The molecule has 0 saturated heterocycles. The van der Waals surface area contributed by atoms with Crippen LogP contribution in [0.15, 0.2) is 24.3 Å². The third-order valence-electron chi connectivity index (χ3n) is 2.17. The maximum atomic E-state index is 5.57. The number of nitrogens with zero attached hydrogens (tertiary/aromatic N) is 3. The number of anilines is 2. The predicted octanol–water partition coefficient (Wildman–Crippen LogP) is 2.86. The van der Waals surface area contributed by atoms with E-state index in [-0.39, 0.29) is 0 Å². The van der Waals surface area contributed by atoms with Crippen LogP contribution in [0.5, 0.6) is 5.75 Å². The van der Waals surface area contributed by atoms with Crippen molar-refractivity contribution < 1.29 is 4.74 Å². The largest absolute Gasteiger partial charge is 0.494 e. The fourth-order valence-corrected chi connectivity index (χ4v) is 1.66. The molecule has 2 rings (SSSR count). The highest BCUT2D eigenvalue weighted by molar-refractivity contribution is 7.09. The zero-order valence-electron chi connectivity index (χ0n) is 9.59. The molecule has 1 aromatic heterocycles. The van der Waals surface area contributed by atoms with Crippen molar-refractivity contribution in [3.05, 3.63) is 24.3 Å². The molecule has 6 heteroatoms. The zero-order chi connectivity index (χ0) is 11.9. The number of unbranched alkanes of at least 4 members (excludes halogenated alkanes) is 1. The number of hydrogen-bond donors (Lipinski definition) is 1. The van der Waals surface area contributed by atoms with Crippen LogP contribution in [0.3, 0.4) is 0 Å². The van der Waals surface area contributed by atoms with Crippen molar-refractivity contribution in [1.29, 1.82) is 0 Å². The normalized spacial score (nSPS) is 10.2. The second kappa shape index (κ2) is 6.15. The van der Waals surface area contributed by atoms with Crippen molar-refractivity contribution in [3.63, 3.8) is 0 Å². The molecule has 0 aliphatic rings. The van der Waals surface area contributed by atoms with Crippen LogP contribution >= 0.6 is 11.5 Å². The van der Waals surface area contributed by atoms with E-state index in [1.807, 2.05) is 24.3 Å². The van der Waals surface area contributed by atoms with Crippen LogP contribution in [0.2, 0.25) is 0 Å². The molecule has 0 amide bonds. The molecule has 90 valence electrons. The van der Waals surface area contributed by atoms with Gasteiger partial charge in [-0.15, -0.1) is 0 Å². The molecule has 0 aliphatic heterocycles. The van der Waals surface area contributed by atoms with Crippen LogP contribution < -0.4 is 10.1 Å². The Morgan fingerprint density at radius 1 is 1.29 bits per heavy atom. The maximum absolute atomic E-state index is 5.57. The summed E-state index contributed by atoms with van der Waals surface area (Å²) in [5.41, 5.74) is 0.950. The summed E-state index contributed by atoms with van der Waals surface area (Å²) in [6.45, 7) is 2.91. The van der Waals surface area contributed by atoms with Gasteiger partial charge in [-0.1, -0.05) is 22.9 Å². The molecule has 1 aromatic carbocycles. The lowest BCUT2D eigenvalue weighted by Gasteiger charge is -2.06. The molecule has 5 nitrogen and oxygen atoms in total. The highest BCUT2D eigenvalue weighted by Gasteiger charge is 1.99. The summed E-state index contributed by atoms with van der Waals surface area (Å²) < 4.78 is 9.25. The lowest BCUT2D eigenvalue weighted by Crippen LogP contribution is -1.96. The van der Waals surface area contributed by atoms with Crippen molar-refractivity contribution >= 4 is 22.4 Å². The lowest BCUT2D eigenvalue weighted by molar-refractivity contribution is 0.309. The lowest BCUT2D eigenvalue weighted by atomic mass is 10.3. The quantitative estimate of drug-likeness (QED) is 0.799. The molecule has 2 aromatic rings. The molecule has 0 bridgehead atoms. The molecule has 17 heavy (non-hydrogen) atoms. The molecule has 0 fully saturated rings. The summed E-state index contributed by atoms with van der Waals surface area (Å²) in [5.74, 6) is 0.888. The predicted molar refractivity (Wildman–Crippen MR) is 67.8 cm³/mol. The fraction of sp³-hybridized carbons (Fsp3) is 0.364. The Hall–Kier alpha value is -1.69. The third-order valence-corrected chi connectivity index (χ3v) is 2.68. The van der Waals surface area contributed by atoms with E-state index in [1.165, 1.54) is 11.5 Å². The van der Waals surface area contributed by atoms with Crippen molar-refractivity contribution in [1.82, 2.24) is 14.8 Å². The number of rotatable bonds is 6. The first-order valence-corrected chi connectivity index (χ1v) is 6.30. The van der Waals surface area contributed by atoms with Gasteiger partial charge < -0.3 is 10.1 Å². The summed E-state index contributed by atoms with van der Waals surface area (Å²) >= 11 is 1.22. The Morgan fingerprint density at radius 2 is 2.12 bits per heavy atom. The van der Waals surface area contributed by atoms with Crippen LogP contribution in [0.1, 0.15) is 19.8 Å². The fourth-order valence-electron chi connectivity index (χ4n) is 1.27. The van der Waals surface area contributed by atoms with Crippen LogP contribution in [-0.4, -0.2) is 21.4 Å². The number of ether oxygens (including phenoxy) is 1. The van der Waals surface area contributed by atoms with Gasteiger partial charge in [-0.05, 0) is 35.9 Å². The van der Waals surface area contributed by atoms with Crippen LogP contribution in [0, 0.1) is 0 Å². The highest BCUT2D eigenvalue weighted by atomic mass is 32.1.